The van der Waals surface area contributed by atoms with Crippen LogP contribution in [0.5, 0.6) is 0 Å². The third kappa shape index (κ3) is 4.55. The Morgan fingerprint density at radius 1 is 1.24 bits per heavy atom. The van der Waals surface area contributed by atoms with Crippen LogP contribution in [-0.2, 0) is 13.5 Å². The molecule has 0 fully saturated rings. The molecule has 0 amide bonds. The van der Waals surface area contributed by atoms with Gasteiger partial charge in [0.1, 0.15) is 11.6 Å². The molecule has 2 aromatic rings. The van der Waals surface area contributed by atoms with E-state index in [1.54, 1.807) is 4.68 Å². The van der Waals surface area contributed by atoms with E-state index in [2.05, 4.69) is 43.1 Å². The minimum atomic E-state index is 0.162. The first kappa shape index (κ1) is 15.5. The van der Waals surface area contributed by atoms with Crippen molar-refractivity contribution in [3.8, 4) is 11.3 Å². The molecule has 0 bridgehead atoms. The van der Waals surface area contributed by atoms with Gasteiger partial charge >= 0.3 is 0 Å². The summed E-state index contributed by atoms with van der Waals surface area (Å²) in [6.07, 6.45) is 5.74. The number of nitrogens with zero attached hydrogens (tertiary/aromatic N) is 4. The van der Waals surface area contributed by atoms with Crippen LogP contribution in [0.2, 0.25) is 0 Å². The smallest absolute Gasteiger partial charge is 0.131 e. The summed E-state index contributed by atoms with van der Waals surface area (Å²) in [6, 6.07) is 2.00. The molecule has 5 nitrogen and oxygen atoms in total. The van der Waals surface area contributed by atoms with E-state index < -0.39 is 0 Å². The van der Waals surface area contributed by atoms with Crippen LogP contribution in [0.4, 0.5) is 5.82 Å². The molecule has 0 radical (unpaired) electrons. The van der Waals surface area contributed by atoms with Crippen molar-refractivity contribution in [2.24, 2.45) is 12.5 Å². The zero-order chi connectivity index (χ0) is 15.5. The van der Waals surface area contributed by atoms with Crippen molar-refractivity contribution in [1.29, 1.82) is 0 Å². The molecule has 0 saturated heterocycles. The lowest BCUT2D eigenvalue weighted by atomic mass is 9.92. The van der Waals surface area contributed by atoms with Gasteiger partial charge < -0.3 is 5.32 Å². The molecule has 2 heterocycles. The zero-order valence-electron chi connectivity index (χ0n) is 13.6. The molecular weight excluding hydrogens is 262 g/mol. The Kier molecular flexibility index (Phi) is 4.60. The standard InChI is InChI=1S/C16H25N5/c1-6-7-17-14-8-13(12-10-18-21(5)11-12)19-15(20-14)9-16(2,3)4/h8,10-11H,6-7,9H2,1-5H3,(H,17,19,20). The van der Waals surface area contributed by atoms with Crippen molar-refractivity contribution in [3.63, 3.8) is 0 Å². The van der Waals surface area contributed by atoms with E-state index >= 15 is 0 Å². The van der Waals surface area contributed by atoms with Gasteiger partial charge in [-0.25, -0.2) is 9.97 Å². The van der Waals surface area contributed by atoms with Gasteiger partial charge in [-0.2, -0.15) is 5.10 Å². The SMILES string of the molecule is CCCNc1cc(-c2cnn(C)c2)nc(CC(C)(C)C)n1. The first-order valence-electron chi connectivity index (χ1n) is 7.48. The number of anilines is 1. The molecule has 114 valence electrons. The fourth-order valence-electron chi connectivity index (χ4n) is 2.10. The second-order valence-electron chi connectivity index (χ2n) is 6.62. The second kappa shape index (κ2) is 6.24. The third-order valence-corrected chi connectivity index (χ3v) is 3.02. The summed E-state index contributed by atoms with van der Waals surface area (Å²) in [5, 5.41) is 7.58. The van der Waals surface area contributed by atoms with E-state index in [1.165, 1.54) is 0 Å². The van der Waals surface area contributed by atoms with Crippen molar-refractivity contribution in [2.45, 2.75) is 40.5 Å². The van der Waals surface area contributed by atoms with E-state index in [1.807, 2.05) is 25.5 Å². The quantitative estimate of drug-likeness (QED) is 0.917. The Bertz CT molecular complexity index is 595. The molecule has 0 aliphatic rings. The molecule has 2 rings (SSSR count). The van der Waals surface area contributed by atoms with Crippen LogP contribution < -0.4 is 5.32 Å². The minimum absolute atomic E-state index is 0.162. The Morgan fingerprint density at radius 3 is 2.57 bits per heavy atom. The van der Waals surface area contributed by atoms with E-state index in [0.717, 1.165) is 42.3 Å². The lowest BCUT2D eigenvalue weighted by Gasteiger charge is -2.18. The topological polar surface area (TPSA) is 55.6 Å². The Balaban J connectivity index is 2.36. The van der Waals surface area contributed by atoms with Crippen LogP contribution in [0.3, 0.4) is 0 Å². The number of hydrogen-bond acceptors (Lipinski definition) is 4. The lowest BCUT2D eigenvalue weighted by Crippen LogP contribution is -2.14. The number of hydrogen-bond donors (Lipinski definition) is 1. The Labute approximate surface area is 126 Å². The molecule has 0 saturated carbocycles. The molecule has 2 aromatic heterocycles. The van der Waals surface area contributed by atoms with Gasteiger partial charge in [-0.15, -0.1) is 0 Å². The Morgan fingerprint density at radius 2 is 2.00 bits per heavy atom. The zero-order valence-corrected chi connectivity index (χ0v) is 13.6. The summed E-state index contributed by atoms with van der Waals surface area (Å²) in [6.45, 7) is 9.66. The molecule has 21 heavy (non-hydrogen) atoms. The monoisotopic (exact) mass is 287 g/mol. The van der Waals surface area contributed by atoms with Crippen LogP contribution in [0.1, 0.15) is 39.9 Å². The molecule has 0 aliphatic carbocycles. The number of nitrogens with one attached hydrogen (secondary N) is 1. The normalized spacial score (nSPS) is 11.7. The van der Waals surface area contributed by atoms with Crippen molar-refractivity contribution in [3.05, 3.63) is 24.3 Å². The van der Waals surface area contributed by atoms with Gasteiger partial charge in [0.2, 0.25) is 0 Å². The van der Waals surface area contributed by atoms with Gasteiger partial charge in [0.05, 0.1) is 11.9 Å². The number of aryl methyl sites for hydroxylation is 1. The van der Waals surface area contributed by atoms with Gasteiger partial charge in [0.25, 0.3) is 0 Å². The summed E-state index contributed by atoms with van der Waals surface area (Å²) in [5.74, 6) is 1.77. The maximum absolute atomic E-state index is 4.71. The van der Waals surface area contributed by atoms with Crippen LogP contribution in [0.25, 0.3) is 11.3 Å². The summed E-state index contributed by atoms with van der Waals surface area (Å²) < 4.78 is 1.79. The van der Waals surface area contributed by atoms with Crippen LogP contribution in [0, 0.1) is 5.41 Å². The van der Waals surface area contributed by atoms with E-state index in [4.69, 9.17) is 4.98 Å². The van der Waals surface area contributed by atoms with Gasteiger partial charge in [-0.1, -0.05) is 27.7 Å². The number of rotatable bonds is 5. The van der Waals surface area contributed by atoms with Crippen LogP contribution in [0.15, 0.2) is 18.5 Å². The summed E-state index contributed by atoms with van der Waals surface area (Å²) in [5.41, 5.74) is 2.11. The Hall–Kier alpha value is -1.91. The molecule has 5 heteroatoms. The molecule has 0 atom stereocenters. The molecule has 0 aliphatic heterocycles. The summed E-state index contributed by atoms with van der Waals surface area (Å²) in [4.78, 5) is 9.35. The van der Waals surface area contributed by atoms with E-state index in [-0.39, 0.29) is 5.41 Å². The fraction of sp³-hybridized carbons (Fsp3) is 0.562. The predicted molar refractivity (Wildman–Crippen MR) is 86.2 cm³/mol. The molecule has 0 unspecified atom stereocenters. The van der Waals surface area contributed by atoms with Crippen molar-refractivity contribution < 1.29 is 0 Å². The summed E-state index contributed by atoms with van der Waals surface area (Å²) >= 11 is 0. The van der Waals surface area contributed by atoms with E-state index in [0.29, 0.717) is 0 Å². The number of aromatic nitrogens is 4. The highest BCUT2D eigenvalue weighted by Crippen LogP contribution is 2.23. The largest absolute Gasteiger partial charge is 0.370 e. The maximum atomic E-state index is 4.71. The average molecular weight is 287 g/mol. The van der Waals surface area contributed by atoms with Crippen molar-refractivity contribution in [2.75, 3.05) is 11.9 Å². The first-order valence-corrected chi connectivity index (χ1v) is 7.48. The molecule has 1 N–H and O–H groups in total. The highest BCUT2D eigenvalue weighted by molar-refractivity contribution is 5.61. The van der Waals surface area contributed by atoms with Crippen molar-refractivity contribution in [1.82, 2.24) is 19.7 Å². The maximum Gasteiger partial charge on any atom is 0.131 e. The van der Waals surface area contributed by atoms with Crippen LogP contribution in [-0.4, -0.2) is 26.3 Å². The molecule has 0 spiro atoms. The highest BCUT2D eigenvalue weighted by atomic mass is 15.2. The predicted octanol–water partition coefficient (Wildman–Crippen LogP) is 3.29. The second-order valence-corrected chi connectivity index (χ2v) is 6.62. The van der Waals surface area contributed by atoms with E-state index in [9.17, 15) is 0 Å². The van der Waals surface area contributed by atoms with Gasteiger partial charge in [-0.3, -0.25) is 4.68 Å². The summed E-state index contributed by atoms with van der Waals surface area (Å²) in [7, 11) is 1.91. The highest BCUT2D eigenvalue weighted by Gasteiger charge is 2.16. The van der Waals surface area contributed by atoms with Gasteiger partial charge in [0, 0.05) is 37.8 Å². The molecular formula is C16H25N5. The van der Waals surface area contributed by atoms with Crippen molar-refractivity contribution >= 4 is 5.82 Å². The van der Waals surface area contributed by atoms with Gasteiger partial charge in [0.15, 0.2) is 0 Å². The van der Waals surface area contributed by atoms with Gasteiger partial charge in [-0.05, 0) is 11.8 Å². The average Bonchev–Trinajstić information content (AvgIpc) is 2.81. The minimum Gasteiger partial charge on any atom is -0.370 e. The third-order valence-electron chi connectivity index (χ3n) is 3.02. The molecule has 0 aromatic carbocycles. The lowest BCUT2D eigenvalue weighted by molar-refractivity contribution is 0.401. The first-order chi connectivity index (χ1) is 9.87. The fourth-order valence-corrected chi connectivity index (χ4v) is 2.10. The van der Waals surface area contributed by atoms with Crippen LogP contribution >= 0.6 is 0 Å².